The Labute approximate surface area is 96.8 Å². The predicted octanol–water partition coefficient (Wildman–Crippen LogP) is 1.64. The van der Waals surface area contributed by atoms with Crippen LogP contribution >= 0.6 is 0 Å². The van der Waals surface area contributed by atoms with Crippen molar-refractivity contribution in [1.82, 2.24) is 10.1 Å². The number of likely N-dealkylation sites (tertiary alicyclic amines) is 1. The summed E-state index contributed by atoms with van der Waals surface area (Å²) >= 11 is 0. The van der Waals surface area contributed by atoms with Gasteiger partial charge < -0.3 is 10.3 Å². The molecule has 1 unspecified atom stereocenters. The molecule has 1 saturated heterocycles. The Balaban J connectivity index is 2.24. The summed E-state index contributed by atoms with van der Waals surface area (Å²) in [6, 6.07) is 0.477. The lowest BCUT2D eigenvalue weighted by molar-refractivity contribution is 0.261. The lowest BCUT2D eigenvalue weighted by Gasteiger charge is -2.23. The highest BCUT2D eigenvalue weighted by Crippen LogP contribution is 2.35. The van der Waals surface area contributed by atoms with Crippen molar-refractivity contribution in [3.8, 4) is 0 Å². The van der Waals surface area contributed by atoms with Gasteiger partial charge in [0.25, 0.3) is 0 Å². The Kier molecular flexibility index (Phi) is 3.61. The minimum Gasteiger partial charge on any atom is -0.361 e. The second-order valence-electron chi connectivity index (χ2n) is 4.44. The van der Waals surface area contributed by atoms with Crippen LogP contribution in [0.25, 0.3) is 0 Å². The van der Waals surface area contributed by atoms with Crippen molar-refractivity contribution in [2.45, 2.75) is 39.2 Å². The molecule has 0 radical (unpaired) electrons. The fourth-order valence-electron chi connectivity index (χ4n) is 2.69. The maximum Gasteiger partial charge on any atom is 0.138 e. The van der Waals surface area contributed by atoms with Gasteiger partial charge in [0.05, 0.1) is 5.69 Å². The summed E-state index contributed by atoms with van der Waals surface area (Å²) in [4.78, 5) is 2.46. The molecule has 1 aliphatic heterocycles. The van der Waals surface area contributed by atoms with Crippen molar-refractivity contribution in [2.24, 2.45) is 5.73 Å². The maximum absolute atomic E-state index is 5.65. The number of nitrogens with zero attached hydrogens (tertiary/aromatic N) is 2. The topological polar surface area (TPSA) is 55.3 Å². The number of aryl methyl sites for hydroxylation is 2. The monoisotopic (exact) mass is 223 g/mol. The maximum atomic E-state index is 5.65. The van der Waals surface area contributed by atoms with Crippen molar-refractivity contribution in [1.29, 1.82) is 0 Å². The van der Waals surface area contributed by atoms with E-state index < -0.39 is 0 Å². The highest BCUT2D eigenvalue weighted by molar-refractivity contribution is 5.27. The fourth-order valence-corrected chi connectivity index (χ4v) is 2.69. The summed E-state index contributed by atoms with van der Waals surface area (Å²) < 4.78 is 5.32. The summed E-state index contributed by atoms with van der Waals surface area (Å²) in [6.07, 6.45) is 3.40. The lowest BCUT2D eigenvalue weighted by atomic mass is 10.0. The molecule has 1 aromatic heterocycles. The Hall–Kier alpha value is -0.870. The van der Waals surface area contributed by atoms with Crippen molar-refractivity contribution in [2.75, 3.05) is 19.6 Å². The van der Waals surface area contributed by atoms with Gasteiger partial charge in [0.2, 0.25) is 0 Å². The first-order chi connectivity index (χ1) is 7.77. The summed E-state index contributed by atoms with van der Waals surface area (Å²) in [5, 5.41) is 4.14. The summed E-state index contributed by atoms with van der Waals surface area (Å²) in [5.41, 5.74) is 8.08. The van der Waals surface area contributed by atoms with Gasteiger partial charge in [0.15, 0.2) is 0 Å². The first kappa shape index (κ1) is 11.6. The van der Waals surface area contributed by atoms with Gasteiger partial charge in [-0.15, -0.1) is 0 Å². The molecule has 0 aromatic carbocycles. The largest absolute Gasteiger partial charge is 0.361 e. The van der Waals surface area contributed by atoms with Gasteiger partial charge >= 0.3 is 0 Å². The molecule has 2 rings (SSSR count). The molecule has 1 atom stereocenters. The van der Waals surface area contributed by atoms with E-state index in [0.29, 0.717) is 6.04 Å². The van der Waals surface area contributed by atoms with Crippen LogP contribution in [-0.2, 0) is 6.42 Å². The van der Waals surface area contributed by atoms with E-state index in [1.54, 1.807) is 0 Å². The second-order valence-corrected chi connectivity index (χ2v) is 4.44. The summed E-state index contributed by atoms with van der Waals surface area (Å²) in [5.74, 6) is 0.978. The molecule has 0 bridgehead atoms. The molecule has 90 valence electrons. The molecule has 1 aromatic rings. The molecule has 0 amide bonds. The van der Waals surface area contributed by atoms with Crippen LogP contribution in [-0.4, -0.2) is 29.7 Å². The number of hydrogen-bond acceptors (Lipinski definition) is 4. The van der Waals surface area contributed by atoms with E-state index in [1.165, 1.54) is 18.4 Å². The van der Waals surface area contributed by atoms with E-state index in [1.807, 2.05) is 6.92 Å². The number of hydrogen-bond donors (Lipinski definition) is 1. The van der Waals surface area contributed by atoms with E-state index in [9.17, 15) is 0 Å². The van der Waals surface area contributed by atoms with E-state index in [2.05, 4.69) is 17.0 Å². The quantitative estimate of drug-likeness (QED) is 0.843. The predicted molar refractivity (Wildman–Crippen MR) is 63.2 cm³/mol. The molecular formula is C12H21N3O. The Morgan fingerprint density at radius 2 is 2.38 bits per heavy atom. The standard InChI is InChI=1S/C12H21N3O/c1-3-10-12(9(2)16-14-10)11-5-4-7-15(11)8-6-13/h11H,3-8,13H2,1-2H3. The van der Waals surface area contributed by atoms with Crippen molar-refractivity contribution in [3.63, 3.8) is 0 Å². The molecule has 4 heteroatoms. The van der Waals surface area contributed by atoms with E-state index >= 15 is 0 Å². The number of aromatic nitrogens is 1. The highest BCUT2D eigenvalue weighted by Gasteiger charge is 2.30. The zero-order valence-corrected chi connectivity index (χ0v) is 10.2. The van der Waals surface area contributed by atoms with Gasteiger partial charge in [-0.25, -0.2) is 0 Å². The Morgan fingerprint density at radius 1 is 1.56 bits per heavy atom. The van der Waals surface area contributed by atoms with Gasteiger partial charge in [-0.3, -0.25) is 4.90 Å². The molecular weight excluding hydrogens is 202 g/mol. The second kappa shape index (κ2) is 4.97. The van der Waals surface area contributed by atoms with Crippen molar-refractivity contribution < 1.29 is 4.52 Å². The van der Waals surface area contributed by atoms with Crippen LogP contribution in [0.5, 0.6) is 0 Å². The van der Waals surface area contributed by atoms with Gasteiger partial charge in [0, 0.05) is 24.7 Å². The fraction of sp³-hybridized carbons (Fsp3) is 0.750. The summed E-state index contributed by atoms with van der Waals surface area (Å²) in [7, 11) is 0. The SMILES string of the molecule is CCc1noc(C)c1C1CCCN1CCN. The summed E-state index contributed by atoms with van der Waals surface area (Å²) in [6.45, 7) is 6.99. The van der Waals surface area contributed by atoms with Crippen LogP contribution in [0.15, 0.2) is 4.52 Å². The molecule has 0 saturated carbocycles. The smallest absolute Gasteiger partial charge is 0.138 e. The van der Waals surface area contributed by atoms with Gasteiger partial charge in [0.1, 0.15) is 5.76 Å². The molecule has 1 aliphatic rings. The van der Waals surface area contributed by atoms with Crippen LogP contribution in [0.2, 0.25) is 0 Å². The van der Waals surface area contributed by atoms with Crippen LogP contribution in [0, 0.1) is 6.92 Å². The van der Waals surface area contributed by atoms with Gasteiger partial charge in [-0.2, -0.15) is 0 Å². The minimum atomic E-state index is 0.477. The highest BCUT2D eigenvalue weighted by atomic mass is 16.5. The lowest BCUT2D eigenvalue weighted by Crippen LogP contribution is -2.29. The molecule has 0 spiro atoms. The Bertz CT molecular complexity index is 348. The zero-order valence-electron chi connectivity index (χ0n) is 10.2. The average Bonchev–Trinajstić information content (AvgIpc) is 2.85. The molecule has 2 heterocycles. The normalized spacial score (nSPS) is 21.8. The van der Waals surface area contributed by atoms with Crippen LogP contribution < -0.4 is 5.73 Å². The third-order valence-corrected chi connectivity index (χ3v) is 3.43. The van der Waals surface area contributed by atoms with Gasteiger partial charge in [-0.05, 0) is 32.7 Å². The van der Waals surface area contributed by atoms with Crippen LogP contribution in [0.1, 0.15) is 42.8 Å². The van der Waals surface area contributed by atoms with E-state index in [-0.39, 0.29) is 0 Å². The van der Waals surface area contributed by atoms with Crippen molar-refractivity contribution in [3.05, 3.63) is 17.0 Å². The number of rotatable bonds is 4. The minimum absolute atomic E-state index is 0.477. The molecule has 2 N–H and O–H groups in total. The van der Waals surface area contributed by atoms with E-state index in [4.69, 9.17) is 10.3 Å². The molecule has 4 nitrogen and oxygen atoms in total. The number of nitrogens with two attached hydrogens (primary N) is 1. The first-order valence-electron chi connectivity index (χ1n) is 6.17. The first-order valence-corrected chi connectivity index (χ1v) is 6.17. The molecule has 16 heavy (non-hydrogen) atoms. The zero-order chi connectivity index (χ0) is 11.5. The van der Waals surface area contributed by atoms with Crippen molar-refractivity contribution >= 4 is 0 Å². The third kappa shape index (κ3) is 1.99. The van der Waals surface area contributed by atoms with Gasteiger partial charge in [-0.1, -0.05) is 12.1 Å². The average molecular weight is 223 g/mol. The molecule has 0 aliphatic carbocycles. The third-order valence-electron chi connectivity index (χ3n) is 3.43. The van der Waals surface area contributed by atoms with Crippen LogP contribution in [0.3, 0.4) is 0 Å². The van der Waals surface area contributed by atoms with Crippen LogP contribution in [0.4, 0.5) is 0 Å². The van der Waals surface area contributed by atoms with E-state index in [0.717, 1.165) is 37.5 Å². The Morgan fingerprint density at radius 3 is 3.06 bits per heavy atom. The molecule has 1 fully saturated rings.